The molecule has 0 saturated heterocycles. The number of carbonyl (C=O) groups excluding carboxylic acids is 1. The van der Waals surface area contributed by atoms with Crippen LogP contribution in [0.2, 0.25) is 0 Å². The van der Waals surface area contributed by atoms with Crippen LogP contribution in [0.15, 0.2) is 36.4 Å². The minimum absolute atomic E-state index is 0.0438. The van der Waals surface area contributed by atoms with Crippen LogP contribution < -0.4 is 10.2 Å². The second-order valence-electron chi connectivity index (χ2n) is 5.97. The van der Waals surface area contributed by atoms with Crippen LogP contribution in [0.4, 0.5) is 11.5 Å². The summed E-state index contributed by atoms with van der Waals surface area (Å²) in [6, 6.07) is 11.3. The molecule has 0 aliphatic carbocycles. The summed E-state index contributed by atoms with van der Waals surface area (Å²) < 4.78 is 1.66. The van der Waals surface area contributed by atoms with Crippen LogP contribution in [0, 0.1) is 6.92 Å². The van der Waals surface area contributed by atoms with Crippen molar-refractivity contribution in [1.82, 2.24) is 19.8 Å². The number of aromatic nitrogens is 4. The molecule has 2 aromatic heterocycles. The molecule has 3 aromatic rings. The summed E-state index contributed by atoms with van der Waals surface area (Å²) >= 11 is 0. The summed E-state index contributed by atoms with van der Waals surface area (Å²) in [7, 11) is 0. The Morgan fingerprint density at radius 2 is 2.04 bits per heavy atom. The van der Waals surface area contributed by atoms with Gasteiger partial charge in [-0.15, -0.1) is 15.3 Å². The van der Waals surface area contributed by atoms with Gasteiger partial charge in [0.15, 0.2) is 11.5 Å². The third kappa shape index (κ3) is 2.38. The Kier molecular flexibility index (Phi) is 3.41. The van der Waals surface area contributed by atoms with Crippen molar-refractivity contribution in [2.24, 2.45) is 0 Å². The fourth-order valence-corrected chi connectivity index (χ4v) is 3.06. The first kappa shape index (κ1) is 14.6. The van der Waals surface area contributed by atoms with E-state index in [-0.39, 0.29) is 11.9 Å². The molecule has 0 saturated carbocycles. The number of hydrogen-bond acceptors (Lipinski definition) is 5. The first-order chi connectivity index (χ1) is 11.6. The SMILES string of the molecule is Cc1nnc2ccc(NC(C)C(=O)N3CCc4ccccc43)nn12. The highest BCUT2D eigenvalue weighted by Gasteiger charge is 2.27. The van der Waals surface area contributed by atoms with Crippen molar-refractivity contribution in [2.45, 2.75) is 26.3 Å². The molecule has 0 radical (unpaired) electrons. The van der Waals surface area contributed by atoms with Gasteiger partial charge in [0.1, 0.15) is 11.9 Å². The van der Waals surface area contributed by atoms with Crippen molar-refractivity contribution >= 4 is 23.1 Å². The Hall–Kier alpha value is -2.96. The molecule has 1 unspecified atom stereocenters. The van der Waals surface area contributed by atoms with E-state index in [1.807, 2.05) is 49.1 Å². The third-order valence-corrected chi connectivity index (χ3v) is 4.31. The summed E-state index contributed by atoms with van der Waals surface area (Å²) in [5.41, 5.74) is 2.91. The average Bonchev–Trinajstić information content (AvgIpc) is 3.18. The summed E-state index contributed by atoms with van der Waals surface area (Å²) in [6.07, 6.45) is 0.902. The molecule has 0 fully saturated rings. The van der Waals surface area contributed by atoms with E-state index in [2.05, 4.69) is 26.7 Å². The van der Waals surface area contributed by atoms with Gasteiger partial charge in [-0.05, 0) is 44.0 Å². The van der Waals surface area contributed by atoms with E-state index in [0.29, 0.717) is 17.3 Å². The lowest BCUT2D eigenvalue weighted by molar-refractivity contribution is -0.118. The maximum Gasteiger partial charge on any atom is 0.249 e. The second-order valence-corrected chi connectivity index (χ2v) is 5.97. The van der Waals surface area contributed by atoms with Gasteiger partial charge in [-0.2, -0.15) is 4.52 Å². The van der Waals surface area contributed by atoms with E-state index >= 15 is 0 Å². The number of carbonyl (C=O) groups is 1. The van der Waals surface area contributed by atoms with Gasteiger partial charge in [0, 0.05) is 12.2 Å². The van der Waals surface area contributed by atoms with Crippen LogP contribution in [0.25, 0.3) is 5.65 Å². The van der Waals surface area contributed by atoms with Crippen molar-refractivity contribution in [2.75, 3.05) is 16.8 Å². The highest BCUT2D eigenvalue weighted by atomic mass is 16.2. The number of nitrogens with zero attached hydrogens (tertiary/aromatic N) is 5. The number of amides is 1. The van der Waals surface area contributed by atoms with E-state index in [4.69, 9.17) is 0 Å². The van der Waals surface area contributed by atoms with Gasteiger partial charge < -0.3 is 10.2 Å². The number of nitrogens with one attached hydrogen (secondary N) is 1. The summed E-state index contributed by atoms with van der Waals surface area (Å²) in [4.78, 5) is 14.6. The molecule has 1 N–H and O–H groups in total. The molecule has 1 aliphatic heterocycles. The highest BCUT2D eigenvalue weighted by Crippen LogP contribution is 2.28. The summed E-state index contributed by atoms with van der Waals surface area (Å²) in [5.74, 6) is 1.38. The minimum atomic E-state index is -0.377. The van der Waals surface area contributed by atoms with E-state index in [9.17, 15) is 4.79 Å². The van der Waals surface area contributed by atoms with E-state index in [1.165, 1.54) is 5.56 Å². The zero-order valence-electron chi connectivity index (χ0n) is 13.6. The smallest absolute Gasteiger partial charge is 0.249 e. The van der Waals surface area contributed by atoms with Gasteiger partial charge in [0.2, 0.25) is 5.91 Å². The maximum atomic E-state index is 12.8. The highest BCUT2D eigenvalue weighted by molar-refractivity contribution is 6.00. The standard InChI is InChI=1S/C17H18N6O/c1-11(17(24)22-10-9-13-5-3-4-6-14(13)22)18-15-7-8-16-20-19-12(2)23(16)21-15/h3-8,11H,9-10H2,1-2H3,(H,18,21). The molecule has 24 heavy (non-hydrogen) atoms. The molecule has 1 aromatic carbocycles. The normalized spacial score (nSPS) is 14.7. The van der Waals surface area contributed by atoms with Crippen LogP contribution >= 0.6 is 0 Å². The largest absolute Gasteiger partial charge is 0.357 e. The van der Waals surface area contributed by atoms with E-state index < -0.39 is 0 Å². The van der Waals surface area contributed by atoms with Crippen molar-refractivity contribution in [1.29, 1.82) is 0 Å². The van der Waals surface area contributed by atoms with Crippen molar-refractivity contribution in [3.63, 3.8) is 0 Å². The van der Waals surface area contributed by atoms with Crippen molar-refractivity contribution in [3.8, 4) is 0 Å². The van der Waals surface area contributed by atoms with Gasteiger partial charge >= 0.3 is 0 Å². The lowest BCUT2D eigenvalue weighted by atomic mass is 10.2. The van der Waals surface area contributed by atoms with Gasteiger partial charge in [-0.3, -0.25) is 4.79 Å². The average molecular weight is 322 g/mol. The zero-order chi connectivity index (χ0) is 16.7. The quantitative estimate of drug-likeness (QED) is 0.796. The van der Waals surface area contributed by atoms with Crippen LogP contribution in [0.5, 0.6) is 0 Å². The Morgan fingerprint density at radius 1 is 1.21 bits per heavy atom. The van der Waals surface area contributed by atoms with Gasteiger partial charge in [0.05, 0.1) is 0 Å². The van der Waals surface area contributed by atoms with E-state index in [1.54, 1.807) is 4.52 Å². The molecule has 1 amide bonds. The van der Waals surface area contributed by atoms with Crippen LogP contribution in [-0.2, 0) is 11.2 Å². The van der Waals surface area contributed by atoms with Crippen LogP contribution in [0.1, 0.15) is 18.3 Å². The maximum absolute atomic E-state index is 12.8. The molecule has 4 rings (SSSR count). The number of benzene rings is 1. The number of para-hydroxylation sites is 1. The zero-order valence-corrected chi connectivity index (χ0v) is 13.6. The molecule has 0 bridgehead atoms. The lowest BCUT2D eigenvalue weighted by Crippen LogP contribution is -2.40. The fourth-order valence-electron chi connectivity index (χ4n) is 3.06. The first-order valence-corrected chi connectivity index (χ1v) is 7.98. The lowest BCUT2D eigenvalue weighted by Gasteiger charge is -2.22. The fraction of sp³-hybridized carbons (Fsp3) is 0.294. The molecule has 122 valence electrons. The minimum Gasteiger partial charge on any atom is -0.357 e. The molecular formula is C17H18N6O. The first-order valence-electron chi connectivity index (χ1n) is 7.98. The second kappa shape index (κ2) is 5.59. The summed E-state index contributed by atoms with van der Waals surface area (Å²) in [6.45, 7) is 4.42. The predicted molar refractivity (Wildman–Crippen MR) is 91.1 cm³/mol. The molecule has 7 heteroatoms. The van der Waals surface area contributed by atoms with Crippen LogP contribution in [-0.4, -0.2) is 38.3 Å². The van der Waals surface area contributed by atoms with Gasteiger partial charge in [-0.25, -0.2) is 0 Å². The van der Waals surface area contributed by atoms with Crippen molar-refractivity contribution in [3.05, 3.63) is 47.8 Å². The predicted octanol–water partition coefficient (Wildman–Crippen LogP) is 1.82. The Labute approximate surface area is 139 Å². The van der Waals surface area contributed by atoms with Gasteiger partial charge in [0.25, 0.3) is 0 Å². The topological polar surface area (TPSA) is 75.4 Å². The number of hydrogen-bond donors (Lipinski definition) is 1. The molecule has 3 heterocycles. The molecule has 0 spiro atoms. The molecule has 7 nitrogen and oxygen atoms in total. The van der Waals surface area contributed by atoms with E-state index in [0.717, 1.165) is 18.7 Å². The molecule has 1 atom stereocenters. The number of fused-ring (bicyclic) bond motifs is 2. The summed E-state index contributed by atoms with van der Waals surface area (Å²) in [5, 5.41) is 15.6. The third-order valence-electron chi connectivity index (χ3n) is 4.31. The monoisotopic (exact) mass is 322 g/mol. The van der Waals surface area contributed by atoms with Crippen LogP contribution in [0.3, 0.4) is 0 Å². The number of aryl methyl sites for hydroxylation is 1. The van der Waals surface area contributed by atoms with Crippen molar-refractivity contribution < 1.29 is 4.79 Å². The molecule has 1 aliphatic rings. The number of anilines is 2. The Morgan fingerprint density at radius 3 is 2.92 bits per heavy atom. The Balaban J connectivity index is 1.54. The molecular weight excluding hydrogens is 304 g/mol. The Bertz CT molecular complexity index is 918. The number of rotatable bonds is 3. The van der Waals surface area contributed by atoms with Gasteiger partial charge in [-0.1, -0.05) is 18.2 Å².